The first-order valence-corrected chi connectivity index (χ1v) is 12.9. The summed E-state index contributed by atoms with van der Waals surface area (Å²) in [4.78, 5) is 26.2. The van der Waals surface area contributed by atoms with Crippen LogP contribution in [0.4, 0.5) is 0 Å². The summed E-state index contributed by atoms with van der Waals surface area (Å²) in [6.07, 6.45) is 13.3. The highest BCUT2D eigenvalue weighted by atomic mass is 16.4. The molecule has 202 valence electrons. The average molecular weight is 530 g/mol. The molecule has 0 unspecified atom stereocenters. The van der Waals surface area contributed by atoms with Crippen LogP contribution in [0.2, 0.25) is 0 Å². The predicted octanol–water partition coefficient (Wildman–Crippen LogP) is 3.21. The van der Waals surface area contributed by atoms with E-state index >= 15 is 0 Å². The van der Waals surface area contributed by atoms with E-state index in [0.717, 1.165) is 29.7 Å². The number of imidazole rings is 1. The van der Waals surface area contributed by atoms with Crippen molar-refractivity contribution in [3.05, 3.63) is 88.5 Å². The van der Waals surface area contributed by atoms with Crippen LogP contribution in [0.15, 0.2) is 66.0 Å². The summed E-state index contributed by atoms with van der Waals surface area (Å²) in [6.45, 7) is 6.21. The van der Waals surface area contributed by atoms with E-state index in [4.69, 9.17) is 0 Å². The third-order valence-corrected chi connectivity index (χ3v) is 6.96. The van der Waals surface area contributed by atoms with Crippen molar-refractivity contribution in [1.82, 2.24) is 44.9 Å². The Bertz CT molecular complexity index is 1580. The number of hydrogen-bond donors (Lipinski definition) is 3. The molecule has 0 fully saturated rings. The zero-order valence-corrected chi connectivity index (χ0v) is 22.1. The number of H-pyrrole nitrogens is 1. The quantitative estimate of drug-likeness (QED) is 0.284. The van der Waals surface area contributed by atoms with Crippen LogP contribution in [-0.4, -0.2) is 50.6 Å². The number of carbonyl (C=O) groups is 1. The van der Waals surface area contributed by atoms with Gasteiger partial charge >= 0.3 is 11.7 Å². The summed E-state index contributed by atoms with van der Waals surface area (Å²) in [5, 5.41) is 31.5. The first-order valence-electron chi connectivity index (χ1n) is 12.9. The highest BCUT2D eigenvalue weighted by Crippen LogP contribution is 2.34. The van der Waals surface area contributed by atoms with Gasteiger partial charge in [0.25, 0.3) is 0 Å². The number of benzene rings is 1. The van der Waals surface area contributed by atoms with E-state index in [1.54, 1.807) is 15.4 Å². The maximum absolute atomic E-state index is 14.1. The van der Waals surface area contributed by atoms with Crippen molar-refractivity contribution < 1.29 is 9.90 Å². The molecule has 0 saturated heterocycles. The number of nitrogens with one attached hydrogen (secondary N) is 2. The van der Waals surface area contributed by atoms with E-state index in [-0.39, 0.29) is 23.1 Å². The Morgan fingerprint density at radius 2 is 2.00 bits per heavy atom. The molecule has 1 aromatic carbocycles. The molecular weight excluding hydrogens is 498 g/mol. The fraction of sp³-hybridized carbons (Fsp3) is 0.333. The van der Waals surface area contributed by atoms with Crippen molar-refractivity contribution in [3.63, 3.8) is 0 Å². The van der Waals surface area contributed by atoms with Gasteiger partial charge < -0.3 is 10.4 Å². The number of tetrazole rings is 1. The molecule has 0 amide bonds. The van der Waals surface area contributed by atoms with Gasteiger partial charge in [0.15, 0.2) is 11.6 Å². The van der Waals surface area contributed by atoms with E-state index < -0.39 is 11.4 Å². The standard InChI is InChI=1S/C27H31N9O3/c1-4-5-9-21-16-34(24-22(25(37)38)15-29-36(24)18(2)3)26(39)35(21)17-27(10-12-28-13-11-27)20-8-6-7-19(14-20)23-30-32-33-31-23/h6-8,10-16,18,28H,4-5,9,17H2,1-3H3,(H,37,38)(H,30,31,32,33). The van der Waals surface area contributed by atoms with Gasteiger partial charge in [0.1, 0.15) is 5.56 Å². The van der Waals surface area contributed by atoms with Crippen molar-refractivity contribution in [3.8, 4) is 17.2 Å². The zero-order valence-electron chi connectivity index (χ0n) is 22.1. The number of nitrogens with zero attached hydrogens (tertiary/aromatic N) is 7. The molecule has 5 rings (SSSR count). The van der Waals surface area contributed by atoms with E-state index in [0.29, 0.717) is 18.8 Å². The number of allylic oxidation sites excluding steroid dienone is 2. The number of hydrogen-bond acceptors (Lipinski definition) is 7. The molecule has 4 heterocycles. The zero-order chi connectivity index (χ0) is 27.6. The van der Waals surface area contributed by atoms with Crippen molar-refractivity contribution >= 4 is 5.97 Å². The Labute approximate surface area is 224 Å². The molecule has 3 aromatic heterocycles. The second kappa shape index (κ2) is 10.6. The monoisotopic (exact) mass is 529 g/mol. The maximum atomic E-state index is 14.1. The number of aromatic nitrogens is 8. The fourth-order valence-electron chi connectivity index (χ4n) is 4.92. The lowest BCUT2D eigenvalue weighted by Crippen LogP contribution is -2.36. The fourth-order valence-corrected chi connectivity index (χ4v) is 4.92. The smallest absolute Gasteiger partial charge is 0.341 e. The lowest BCUT2D eigenvalue weighted by molar-refractivity contribution is 0.0696. The molecule has 0 spiro atoms. The molecule has 0 atom stereocenters. The van der Waals surface area contributed by atoms with E-state index in [2.05, 4.69) is 38.0 Å². The second-order valence-corrected chi connectivity index (χ2v) is 9.89. The predicted molar refractivity (Wildman–Crippen MR) is 144 cm³/mol. The van der Waals surface area contributed by atoms with Gasteiger partial charge in [-0.2, -0.15) is 5.10 Å². The number of aryl methyl sites for hydroxylation is 1. The van der Waals surface area contributed by atoms with Gasteiger partial charge in [0.05, 0.1) is 11.6 Å². The number of dihydropyridines is 1. The minimum atomic E-state index is -1.13. The molecule has 12 heteroatoms. The van der Waals surface area contributed by atoms with Crippen LogP contribution < -0.4 is 11.0 Å². The number of rotatable bonds is 10. The summed E-state index contributed by atoms with van der Waals surface area (Å²) in [7, 11) is 0. The summed E-state index contributed by atoms with van der Waals surface area (Å²) in [6, 6.07) is 7.73. The summed E-state index contributed by atoms with van der Waals surface area (Å²) >= 11 is 0. The van der Waals surface area contributed by atoms with Crippen LogP contribution in [0.1, 0.15) is 61.3 Å². The molecular formula is C27H31N9O3. The van der Waals surface area contributed by atoms with Crippen LogP contribution in [0, 0.1) is 0 Å². The Morgan fingerprint density at radius 1 is 1.21 bits per heavy atom. The molecule has 39 heavy (non-hydrogen) atoms. The Morgan fingerprint density at radius 3 is 2.67 bits per heavy atom. The summed E-state index contributed by atoms with van der Waals surface area (Å²) < 4.78 is 4.76. The topological polar surface area (TPSA) is 149 Å². The first kappa shape index (κ1) is 25.9. The van der Waals surface area contributed by atoms with Crippen molar-refractivity contribution in [2.45, 2.75) is 58.0 Å². The number of aromatic carboxylic acids is 1. The Hall–Kier alpha value is -4.74. The third kappa shape index (κ3) is 4.80. The molecule has 1 aliphatic heterocycles. The summed E-state index contributed by atoms with van der Waals surface area (Å²) in [5.74, 6) is -0.334. The molecule has 0 bridgehead atoms. The normalized spacial score (nSPS) is 14.2. The van der Waals surface area contributed by atoms with Gasteiger partial charge in [0.2, 0.25) is 0 Å². The minimum Gasteiger partial charge on any atom is -0.477 e. The van der Waals surface area contributed by atoms with Gasteiger partial charge in [-0.25, -0.2) is 19.4 Å². The van der Waals surface area contributed by atoms with Crippen LogP contribution in [-0.2, 0) is 18.4 Å². The van der Waals surface area contributed by atoms with Crippen molar-refractivity contribution in [2.24, 2.45) is 0 Å². The largest absolute Gasteiger partial charge is 0.477 e. The van der Waals surface area contributed by atoms with Crippen LogP contribution in [0.3, 0.4) is 0 Å². The number of aromatic amines is 1. The van der Waals surface area contributed by atoms with Gasteiger partial charge in [-0.15, -0.1) is 5.10 Å². The lowest BCUT2D eigenvalue weighted by atomic mass is 9.78. The molecule has 4 aromatic rings. The van der Waals surface area contributed by atoms with Crippen molar-refractivity contribution in [2.75, 3.05) is 0 Å². The maximum Gasteiger partial charge on any atom is 0.341 e. The number of carboxylic acids is 1. The lowest BCUT2D eigenvalue weighted by Gasteiger charge is -2.31. The van der Waals surface area contributed by atoms with Gasteiger partial charge in [-0.05, 0) is 61.1 Å². The van der Waals surface area contributed by atoms with Crippen LogP contribution >= 0.6 is 0 Å². The van der Waals surface area contributed by atoms with E-state index in [1.165, 1.54) is 10.8 Å². The Kier molecular flexibility index (Phi) is 7.01. The molecule has 0 saturated carbocycles. The van der Waals surface area contributed by atoms with E-state index in [9.17, 15) is 14.7 Å². The highest BCUT2D eigenvalue weighted by Gasteiger charge is 2.32. The van der Waals surface area contributed by atoms with Crippen LogP contribution in [0.25, 0.3) is 17.2 Å². The molecule has 3 N–H and O–H groups in total. The second-order valence-electron chi connectivity index (χ2n) is 9.89. The first-order chi connectivity index (χ1) is 18.8. The van der Waals surface area contributed by atoms with Gasteiger partial charge in [0, 0.05) is 30.0 Å². The van der Waals surface area contributed by atoms with Crippen LogP contribution in [0.5, 0.6) is 0 Å². The van der Waals surface area contributed by atoms with E-state index in [1.807, 2.05) is 62.7 Å². The SMILES string of the molecule is CCCCc1cn(-c2c(C(=O)O)cnn2C(C)C)c(=O)n1CC1(c2cccc(-c3nnn[nH]3)c2)C=CNC=C1. The minimum absolute atomic E-state index is 0.0188. The number of unbranched alkanes of at least 4 members (excludes halogenated alkanes) is 1. The molecule has 0 radical (unpaired) electrons. The molecule has 0 aliphatic carbocycles. The number of carboxylic acid groups (broad SMARTS) is 1. The van der Waals surface area contributed by atoms with Gasteiger partial charge in [-0.1, -0.05) is 43.7 Å². The third-order valence-electron chi connectivity index (χ3n) is 6.96. The Balaban J connectivity index is 1.66. The van der Waals surface area contributed by atoms with Crippen molar-refractivity contribution in [1.29, 1.82) is 0 Å². The van der Waals surface area contributed by atoms with Gasteiger partial charge in [-0.3, -0.25) is 9.13 Å². The average Bonchev–Trinajstić information content (AvgIpc) is 3.68. The highest BCUT2D eigenvalue weighted by molar-refractivity contribution is 5.91. The summed E-state index contributed by atoms with van der Waals surface area (Å²) in [5.41, 5.74) is 1.59. The molecule has 1 aliphatic rings. The molecule has 12 nitrogen and oxygen atoms in total.